The molecule has 1 aromatic carbocycles. The van der Waals surface area contributed by atoms with Crippen LogP contribution in [0.2, 0.25) is 0 Å². The molecule has 18 heavy (non-hydrogen) atoms. The van der Waals surface area contributed by atoms with Crippen LogP contribution in [0.4, 0.5) is 0 Å². The summed E-state index contributed by atoms with van der Waals surface area (Å²) >= 11 is 0. The number of benzene rings is 1. The van der Waals surface area contributed by atoms with Gasteiger partial charge in [-0.1, -0.05) is 12.1 Å². The first-order valence-electron chi connectivity index (χ1n) is 6.29. The number of rotatable bonds is 6. The minimum atomic E-state index is 0.253. The van der Waals surface area contributed by atoms with Crippen LogP contribution in [0.25, 0.3) is 11.0 Å². The van der Waals surface area contributed by atoms with Gasteiger partial charge in [0, 0.05) is 13.5 Å². The molecule has 0 spiro atoms. The summed E-state index contributed by atoms with van der Waals surface area (Å²) in [5.41, 5.74) is 2.04. The van der Waals surface area contributed by atoms with Crippen LogP contribution < -0.4 is 5.32 Å². The Labute approximate surface area is 107 Å². The van der Waals surface area contributed by atoms with Gasteiger partial charge in [-0.05, 0) is 32.1 Å². The summed E-state index contributed by atoms with van der Waals surface area (Å²) in [6.07, 6.45) is 1.93. The molecule has 0 aliphatic rings. The maximum absolute atomic E-state index is 11.8. The zero-order valence-corrected chi connectivity index (χ0v) is 10.9. The Bertz CT molecular complexity index is 545. The molecule has 96 valence electrons. The summed E-state index contributed by atoms with van der Waals surface area (Å²) in [5.74, 6) is 1.11. The van der Waals surface area contributed by atoms with Crippen LogP contribution in [0, 0.1) is 0 Å². The van der Waals surface area contributed by atoms with Crippen molar-refractivity contribution in [2.75, 3.05) is 13.6 Å². The van der Waals surface area contributed by atoms with E-state index in [1.807, 2.05) is 42.9 Å². The number of nitrogens with one attached hydrogen (secondary N) is 1. The van der Waals surface area contributed by atoms with Crippen molar-refractivity contribution < 1.29 is 4.79 Å². The maximum Gasteiger partial charge on any atom is 0.140 e. The summed E-state index contributed by atoms with van der Waals surface area (Å²) in [6, 6.07) is 7.96. The molecule has 0 saturated carbocycles. The number of hydrogen-bond donors (Lipinski definition) is 1. The molecular weight excluding hydrogens is 226 g/mol. The third kappa shape index (κ3) is 2.76. The highest BCUT2D eigenvalue weighted by Crippen LogP contribution is 2.15. The number of para-hydroxylation sites is 2. The SMILES string of the molecule is CNCCCC(=O)Cc1nc2ccccc2n1C. The van der Waals surface area contributed by atoms with Crippen LogP contribution in [0.3, 0.4) is 0 Å². The Kier molecular flexibility index (Phi) is 4.10. The maximum atomic E-state index is 11.8. The van der Waals surface area contributed by atoms with Crippen molar-refractivity contribution in [2.24, 2.45) is 7.05 Å². The summed E-state index contributed by atoms with van der Waals surface area (Å²) in [4.78, 5) is 16.3. The highest BCUT2D eigenvalue weighted by Gasteiger charge is 2.11. The lowest BCUT2D eigenvalue weighted by Gasteiger charge is -2.02. The first-order chi connectivity index (χ1) is 8.72. The van der Waals surface area contributed by atoms with Gasteiger partial charge < -0.3 is 9.88 Å². The van der Waals surface area contributed by atoms with Gasteiger partial charge in [0.25, 0.3) is 0 Å². The third-order valence-electron chi connectivity index (χ3n) is 3.12. The van der Waals surface area contributed by atoms with Gasteiger partial charge >= 0.3 is 0 Å². The lowest BCUT2D eigenvalue weighted by atomic mass is 10.1. The summed E-state index contributed by atoms with van der Waals surface area (Å²) < 4.78 is 2.01. The smallest absolute Gasteiger partial charge is 0.140 e. The number of hydrogen-bond acceptors (Lipinski definition) is 3. The van der Waals surface area contributed by atoms with Gasteiger partial charge in [-0.3, -0.25) is 4.79 Å². The van der Waals surface area contributed by atoms with Crippen LogP contribution in [0.5, 0.6) is 0 Å². The van der Waals surface area contributed by atoms with E-state index in [1.54, 1.807) is 0 Å². The molecule has 4 heteroatoms. The minimum Gasteiger partial charge on any atom is -0.331 e. The zero-order valence-electron chi connectivity index (χ0n) is 10.9. The van der Waals surface area contributed by atoms with Gasteiger partial charge in [-0.15, -0.1) is 0 Å². The molecule has 0 atom stereocenters. The van der Waals surface area contributed by atoms with Crippen molar-refractivity contribution in [2.45, 2.75) is 19.3 Å². The van der Waals surface area contributed by atoms with Crippen molar-refractivity contribution in [3.63, 3.8) is 0 Å². The zero-order chi connectivity index (χ0) is 13.0. The molecule has 0 aliphatic carbocycles. The molecule has 0 radical (unpaired) electrons. The van der Waals surface area contributed by atoms with E-state index >= 15 is 0 Å². The molecule has 1 aromatic heterocycles. The van der Waals surface area contributed by atoms with Gasteiger partial charge in [0.15, 0.2) is 0 Å². The molecule has 0 saturated heterocycles. The summed E-state index contributed by atoms with van der Waals surface area (Å²) in [5, 5.41) is 3.05. The molecule has 0 amide bonds. The number of aryl methyl sites for hydroxylation is 1. The number of Topliss-reactive ketones (excluding diaryl/α,β-unsaturated/α-hetero) is 1. The van der Waals surface area contributed by atoms with Crippen molar-refractivity contribution in [1.82, 2.24) is 14.9 Å². The third-order valence-corrected chi connectivity index (χ3v) is 3.12. The predicted molar refractivity (Wildman–Crippen MR) is 72.6 cm³/mol. The molecule has 1 heterocycles. The van der Waals surface area contributed by atoms with Gasteiger partial charge in [0.05, 0.1) is 17.5 Å². The number of carbonyl (C=O) groups is 1. The number of fused-ring (bicyclic) bond motifs is 1. The van der Waals surface area contributed by atoms with Crippen molar-refractivity contribution in [3.8, 4) is 0 Å². The molecule has 0 aliphatic heterocycles. The summed E-state index contributed by atoms with van der Waals surface area (Å²) in [6.45, 7) is 0.883. The number of carbonyl (C=O) groups excluding carboxylic acids is 1. The average Bonchev–Trinajstić information content (AvgIpc) is 2.67. The Morgan fingerprint density at radius 1 is 1.39 bits per heavy atom. The first kappa shape index (κ1) is 12.8. The van der Waals surface area contributed by atoms with E-state index < -0.39 is 0 Å². The van der Waals surface area contributed by atoms with Crippen molar-refractivity contribution in [1.29, 1.82) is 0 Å². The molecule has 1 N–H and O–H groups in total. The molecule has 0 fully saturated rings. The van der Waals surface area contributed by atoms with Gasteiger partial charge in [-0.2, -0.15) is 0 Å². The van der Waals surface area contributed by atoms with Crippen molar-refractivity contribution in [3.05, 3.63) is 30.1 Å². The fourth-order valence-corrected chi connectivity index (χ4v) is 2.08. The largest absolute Gasteiger partial charge is 0.331 e. The average molecular weight is 245 g/mol. The topological polar surface area (TPSA) is 46.9 Å². The van der Waals surface area contributed by atoms with E-state index in [1.165, 1.54) is 0 Å². The van der Waals surface area contributed by atoms with E-state index in [0.717, 1.165) is 29.8 Å². The van der Waals surface area contributed by atoms with E-state index in [9.17, 15) is 4.79 Å². The van der Waals surface area contributed by atoms with Gasteiger partial charge in [0.2, 0.25) is 0 Å². The monoisotopic (exact) mass is 245 g/mol. The molecule has 4 nitrogen and oxygen atoms in total. The van der Waals surface area contributed by atoms with Crippen LogP contribution in [0.1, 0.15) is 18.7 Å². The fourth-order valence-electron chi connectivity index (χ4n) is 2.08. The first-order valence-corrected chi connectivity index (χ1v) is 6.29. The van der Waals surface area contributed by atoms with Crippen LogP contribution >= 0.6 is 0 Å². The summed E-state index contributed by atoms with van der Waals surface area (Å²) in [7, 11) is 3.86. The standard InChI is InChI=1S/C14H19N3O/c1-15-9-5-6-11(18)10-14-16-12-7-3-4-8-13(12)17(14)2/h3-4,7-8,15H,5-6,9-10H2,1-2H3. The second kappa shape index (κ2) is 5.78. The van der Waals surface area contributed by atoms with E-state index in [-0.39, 0.29) is 5.78 Å². The quantitative estimate of drug-likeness (QED) is 0.788. The Hall–Kier alpha value is -1.68. The molecule has 2 rings (SSSR count). The van der Waals surface area contributed by atoms with Crippen LogP contribution in [0.15, 0.2) is 24.3 Å². The number of imidazole rings is 1. The predicted octanol–water partition coefficient (Wildman–Crippen LogP) is 1.68. The number of ketones is 1. The highest BCUT2D eigenvalue weighted by molar-refractivity contribution is 5.82. The Balaban J connectivity index is 2.07. The molecule has 0 unspecified atom stereocenters. The number of aromatic nitrogens is 2. The fraction of sp³-hybridized carbons (Fsp3) is 0.429. The van der Waals surface area contributed by atoms with E-state index in [2.05, 4.69) is 10.3 Å². The van der Waals surface area contributed by atoms with Crippen LogP contribution in [-0.2, 0) is 18.3 Å². The lowest BCUT2D eigenvalue weighted by molar-refractivity contribution is -0.118. The number of nitrogens with zero attached hydrogens (tertiary/aromatic N) is 2. The Morgan fingerprint density at radius 2 is 2.17 bits per heavy atom. The second-order valence-electron chi connectivity index (χ2n) is 4.50. The Morgan fingerprint density at radius 3 is 2.89 bits per heavy atom. The van der Waals surface area contributed by atoms with Gasteiger partial charge in [-0.25, -0.2) is 4.98 Å². The normalized spacial score (nSPS) is 11.0. The molecular formula is C14H19N3O. The van der Waals surface area contributed by atoms with Crippen LogP contribution in [-0.4, -0.2) is 28.9 Å². The molecule has 2 aromatic rings. The van der Waals surface area contributed by atoms with Gasteiger partial charge in [0.1, 0.15) is 11.6 Å². The second-order valence-corrected chi connectivity index (χ2v) is 4.50. The van der Waals surface area contributed by atoms with Crippen molar-refractivity contribution >= 4 is 16.8 Å². The van der Waals surface area contributed by atoms with E-state index in [0.29, 0.717) is 12.8 Å². The minimum absolute atomic E-state index is 0.253. The lowest BCUT2D eigenvalue weighted by Crippen LogP contribution is -2.12. The highest BCUT2D eigenvalue weighted by atomic mass is 16.1. The van der Waals surface area contributed by atoms with E-state index in [4.69, 9.17) is 0 Å². The molecule has 0 bridgehead atoms.